The Morgan fingerprint density at radius 2 is 2.25 bits per heavy atom. The van der Waals surface area contributed by atoms with Crippen molar-refractivity contribution in [1.82, 2.24) is 0 Å². The summed E-state index contributed by atoms with van der Waals surface area (Å²) in [5.74, 6) is 0.943. The van der Waals surface area contributed by atoms with E-state index in [0.29, 0.717) is 11.8 Å². The van der Waals surface area contributed by atoms with Crippen molar-refractivity contribution in [3.63, 3.8) is 0 Å². The molecule has 0 aromatic carbocycles. The zero-order valence-electron chi connectivity index (χ0n) is 7.37. The van der Waals surface area contributed by atoms with Gasteiger partial charge < -0.3 is 5.11 Å². The van der Waals surface area contributed by atoms with Crippen molar-refractivity contribution in [2.45, 2.75) is 31.8 Å². The van der Waals surface area contributed by atoms with Gasteiger partial charge in [-0.05, 0) is 31.6 Å². The summed E-state index contributed by atoms with van der Waals surface area (Å²) in [5.41, 5.74) is 1.35. The van der Waals surface area contributed by atoms with Crippen LogP contribution in [0.1, 0.15) is 25.7 Å². The lowest BCUT2D eigenvalue weighted by Gasteiger charge is -2.18. The Morgan fingerprint density at radius 3 is 3.08 bits per heavy atom. The highest BCUT2D eigenvalue weighted by atomic mass is 16.3. The molecule has 1 unspecified atom stereocenters. The third-order valence-corrected chi connectivity index (χ3v) is 3.20. The summed E-state index contributed by atoms with van der Waals surface area (Å²) in [6, 6.07) is 0. The fraction of sp³-hybridized carbons (Fsp3) is 0.636. The van der Waals surface area contributed by atoms with E-state index in [0.717, 1.165) is 25.7 Å². The predicted molar refractivity (Wildman–Crippen MR) is 49.7 cm³/mol. The SMILES string of the molecule is C=C1CCC=C[C@@H]2C(O)CC[C@H]12. The highest BCUT2D eigenvalue weighted by Crippen LogP contribution is 2.40. The lowest BCUT2D eigenvalue weighted by atomic mass is 9.89. The van der Waals surface area contributed by atoms with Gasteiger partial charge in [0.2, 0.25) is 0 Å². The normalized spacial score (nSPS) is 41.1. The molecule has 12 heavy (non-hydrogen) atoms. The van der Waals surface area contributed by atoms with Crippen LogP contribution in [0, 0.1) is 11.8 Å². The first-order valence-corrected chi connectivity index (χ1v) is 4.81. The quantitative estimate of drug-likeness (QED) is 0.544. The number of rotatable bonds is 0. The highest BCUT2D eigenvalue weighted by molar-refractivity contribution is 5.15. The zero-order valence-corrected chi connectivity index (χ0v) is 7.37. The second-order valence-electron chi connectivity index (χ2n) is 3.95. The molecule has 66 valence electrons. The summed E-state index contributed by atoms with van der Waals surface area (Å²) >= 11 is 0. The van der Waals surface area contributed by atoms with Crippen molar-refractivity contribution in [2.24, 2.45) is 11.8 Å². The van der Waals surface area contributed by atoms with E-state index in [1.54, 1.807) is 0 Å². The van der Waals surface area contributed by atoms with E-state index in [1.165, 1.54) is 5.57 Å². The van der Waals surface area contributed by atoms with E-state index < -0.39 is 0 Å². The summed E-state index contributed by atoms with van der Waals surface area (Å²) in [4.78, 5) is 0. The van der Waals surface area contributed by atoms with E-state index >= 15 is 0 Å². The topological polar surface area (TPSA) is 20.2 Å². The maximum atomic E-state index is 9.67. The number of hydrogen-bond acceptors (Lipinski definition) is 1. The molecule has 1 N–H and O–H groups in total. The number of aliphatic hydroxyl groups excluding tert-OH is 1. The average Bonchev–Trinajstić information content (AvgIpc) is 2.30. The molecule has 2 rings (SSSR count). The van der Waals surface area contributed by atoms with E-state index in [4.69, 9.17) is 0 Å². The zero-order chi connectivity index (χ0) is 8.55. The Hall–Kier alpha value is -0.560. The van der Waals surface area contributed by atoms with Gasteiger partial charge >= 0.3 is 0 Å². The van der Waals surface area contributed by atoms with Gasteiger partial charge in [-0.2, -0.15) is 0 Å². The van der Waals surface area contributed by atoms with E-state index in [1.807, 2.05) is 0 Å². The molecule has 0 aromatic heterocycles. The monoisotopic (exact) mass is 164 g/mol. The van der Waals surface area contributed by atoms with Crippen LogP contribution >= 0.6 is 0 Å². The molecule has 3 atom stereocenters. The minimum atomic E-state index is -0.110. The largest absolute Gasteiger partial charge is 0.392 e. The molecule has 1 saturated carbocycles. The summed E-state index contributed by atoms with van der Waals surface area (Å²) in [6.07, 6.45) is 8.60. The maximum absolute atomic E-state index is 9.67. The van der Waals surface area contributed by atoms with E-state index in [-0.39, 0.29) is 6.10 Å². The third-order valence-electron chi connectivity index (χ3n) is 3.20. The molecule has 1 nitrogen and oxygen atoms in total. The average molecular weight is 164 g/mol. The lowest BCUT2D eigenvalue weighted by molar-refractivity contribution is 0.146. The van der Waals surface area contributed by atoms with Gasteiger partial charge in [0, 0.05) is 5.92 Å². The van der Waals surface area contributed by atoms with Crippen molar-refractivity contribution < 1.29 is 5.11 Å². The Labute approximate surface area is 73.8 Å². The van der Waals surface area contributed by atoms with Crippen LogP contribution in [0.5, 0.6) is 0 Å². The summed E-state index contributed by atoms with van der Waals surface area (Å²) < 4.78 is 0. The third kappa shape index (κ3) is 1.22. The predicted octanol–water partition coefficient (Wildman–Crippen LogP) is 2.28. The Balaban J connectivity index is 2.21. The van der Waals surface area contributed by atoms with Crippen LogP contribution in [-0.2, 0) is 0 Å². The molecule has 0 aliphatic heterocycles. The number of hydrogen-bond donors (Lipinski definition) is 1. The Morgan fingerprint density at radius 1 is 1.42 bits per heavy atom. The summed E-state index contributed by atoms with van der Waals surface area (Å²) in [7, 11) is 0. The summed E-state index contributed by atoms with van der Waals surface area (Å²) in [6.45, 7) is 4.10. The molecule has 1 fully saturated rings. The van der Waals surface area contributed by atoms with Crippen LogP contribution < -0.4 is 0 Å². The van der Waals surface area contributed by atoms with Crippen molar-refractivity contribution >= 4 is 0 Å². The molecule has 0 aromatic rings. The maximum Gasteiger partial charge on any atom is 0.0608 e. The molecule has 2 aliphatic rings. The Bertz CT molecular complexity index is 217. The second-order valence-corrected chi connectivity index (χ2v) is 3.95. The molecule has 0 radical (unpaired) electrons. The fourth-order valence-electron chi connectivity index (χ4n) is 2.45. The van der Waals surface area contributed by atoms with Crippen LogP contribution in [-0.4, -0.2) is 11.2 Å². The molecule has 0 bridgehead atoms. The van der Waals surface area contributed by atoms with Gasteiger partial charge in [-0.15, -0.1) is 0 Å². The van der Waals surface area contributed by atoms with Gasteiger partial charge in [0.1, 0.15) is 0 Å². The lowest BCUT2D eigenvalue weighted by Crippen LogP contribution is -2.16. The molecule has 0 saturated heterocycles. The van der Waals surface area contributed by atoms with E-state index in [2.05, 4.69) is 18.7 Å². The van der Waals surface area contributed by atoms with Crippen molar-refractivity contribution in [3.05, 3.63) is 24.3 Å². The number of allylic oxidation sites excluding steroid dienone is 2. The second kappa shape index (κ2) is 3.06. The van der Waals surface area contributed by atoms with E-state index in [9.17, 15) is 5.11 Å². The van der Waals surface area contributed by atoms with Crippen molar-refractivity contribution in [1.29, 1.82) is 0 Å². The number of fused-ring (bicyclic) bond motifs is 1. The van der Waals surface area contributed by atoms with Crippen molar-refractivity contribution in [2.75, 3.05) is 0 Å². The molecule has 2 aliphatic carbocycles. The minimum Gasteiger partial charge on any atom is -0.392 e. The van der Waals surface area contributed by atoms with Crippen LogP contribution in [0.4, 0.5) is 0 Å². The van der Waals surface area contributed by atoms with Gasteiger partial charge in [0.15, 0.2) is 0 Å². The van der Waals surface area contributed by atoms with Crippen LogP contribution in [0.2, 0.25) is 0 Å². The smallest absolute Gasteiger partial charge is 0.0608 e. The van der Waals surface area contributed by atoms with Gasteiger partial charge in [-0.25, -0.2) is 0 Å². The fourth-order valence-corrected chi connectivity index (χ4v) is 2.45. The van der Waals surface area contributed by atoms with Crippen LogP contribution in [0.25, 0.3) is 0 Å². The molecule has 0 spiro atoms. The van der Waals surface area contributed by atoms with Crippen LogP contribution in [0.3, 0.4) is 0 Å². The van der Waals surface area contributed by atoms with Gasteiger partial charge in [-0.3, -0.25) is 0 Å². The van der Waals surface area contributed by atoms with Gasteiger partial charge in [0.05, 0.1) is 6.10 Å². The Kier molecular flexibility index (Phi) is 2.05. The molecule has 0 amide bonds. The molecule has 1 heteroatoms. The first kappa shape index (κ1) is 8.06. The molecular weight excluding hydrogens is 148 g/mol. The minimum absolute atomic E-state index is 0.110. The summed E-state index contributed by atoms with van der Waals surface area (Å²) in [5, 5.41) is 9.67. The molecular formula is C11H16O. The highest BCUT2D eigenvalue weighted by Gasteiger charge is 2.34. The first-order valence-electron chi connectivity index (χ1n) is 4.81. The van der Waals surface area contributed by atoms with Gasteiger partial charge in [0.25, 0.3) is 0 Å². The van der Waals surface area contributed by atoms with Crippen LogP contribution in [0.15, 0.2) is 24.3 Å². The van der Waals surface area contributed by atoms with Crippen molar-refractivity contribution in [3.8, 4) is 0 Å². The first-order chi connectivity index (χ1) is 5.79. The van der Waals surface area contributed by atoms with Gasteiger partial charge in [-0.1, -0.05) is 24.3 Å². The number of aliphatic hydroxyl groups is 1. The standard InChI is InChI=1S/C11H16O/c1-8-4-2-3-5-10-9(8)6-7-11(10)12/h3,5,9-12H,1-2,4,6-7H2/t9-,10+,11?/m1/s1. The molecule has 0 heterocycles.